The molecule has 4 rings (SSSR count). The summed E-state index contributed by atoms with van der Waals surface area (Å²) in [5, 5.41) is 12.4. The average molecular weight is 195 g/mol. The van der Waals surface area contributed by atoms with Crippen molar-refractivity contribution in [2.24, 2.45) is 23.7 Å². The Balaban J connectivity index is 1.69. The normalized spacial score (nSPS) is 49.9. The molecule has 80 valence electrons. The molecule has 2 heteroatoms. The first-order chi connectivity index (χ1) is 6.86. The van der Waals surface area contributed by atoms with Crippen molar-refractivity contribution in [3.63, 3.8) is 0 Å². The second-order valence-corrected chi connectivity index (χ2v) is 5.63. The first-order valence-electron chi connectivity index (χ1n) is 6.21. The maximum Gasteiger partial charge on any atom is 0.0556 e. The van der Waals surface area contributed by atoms with Crippen molar-refractivity contribution in [1.29, 1.82) is 0 Å². The highest BCUT2D eigenvalue weighted by Gasteiger charge is 2.47. The fourth-order valence-electron chi connectivity index (χ4n) is 4.49. The van der Waals surface area contributed by atoms with E-state index >= 15 is 0 Å². The van der Waals surface area contributed by atoms with Gasteiger partial charge in [0.25, 0.3) is 0 Å². The van der Waals surface area contributed by atoms with Crippen LogP contribution in [0.3, 0.4) is 0 Å². The quantitative estimate of drug-likeness (QED) is 0.713. The lowest BCUT2D eigenvalue weighted by atomic mass is 9.54. The van der Waals surface area contributed by atoms with Crippen LogP contribution < -0.4 is 5.32 Å². The Kier molecular flexibility index (Phi) is 2.29. The molecule has 0 aromatic carbocycles. The van der Waals surface area contributed by atoms with Gasteiger partial charge in [-0.3, -0.25) is 0 Å². The predicted molar refractivity (Wildman–Crippen MR) is 55.9 cm³/mol. The fourth-order valence-corrected chi connectivity index (χ4v) is 4.49. The zero-order valence-corrected chi connectivity index (χ0v) is 8.78. The summed E-state index contributed by atoms with van der Waals surface area (Å²) in [6.07, 6.45) is 7.40. The van der Waals surface area contributed by atoms with Gasteiger partial charge in [0.1, 0.15) is 0 Å². The molecule has 0 aliphatic heterocycles. The standard InChI is InChI=1S/C12H21NO/c14-2-1-13-12-10-4-8-3-9(6-10)7-11(12)5-8/h8-14H,1-7H2. The van der Waals surface area contributed by atoms with Crippen molar-refractivity contribution in [2.75, 3.05) is 13.2 Å². The largest absolute Gasteiger partial charge is 0.395 e. The Hall–Kier alpha value is -0.0800. The van der Waals surface area contributed by atoms with E-state index in [1.54, 1.807) is 0 Å². The highest BCUT2D eigenvalue weighted by Crippen LogP contribution is 2.53. The second kappa shape index (κ2) is 3.49. The molecule has 4 aliphatic carbocycles. The summed E-state index contributed by atoms with van der Waals surface area (Å²) < 4.78 is 0. The molecule has 0 unspecified atom stereocenters. The minimum atomic E-state index is 0.294. The smallest absolute Gasteiger partial charge is 0.0556 e. The van der Waals surface area contributed by atoms with E-state index in [0.717, 1.165) is 36.3 Å². The summed E-state index contributed by atoms with van der Waals surface area (Å²) in [4.78, 5) is 0. The summed E-state index contributed by atoms with van der Waals surface area (Å²) in [5.74, 6) is 4.00. The Morgan fingerprint density at radius 2 is 1.50 bits per heavy atom. The van der Waals surface area contributed by atoms with Crippen molar-refractivity contribution >= 4 is 0 Å². The number of aliphatic hydroxyl groups is 1. The van der Waals surface area contributed by atoms with Gasteiger partial charge in [-0.25, -0.2) is 0 Å². The van der Waals surface area contributed by atoms with Gasteiger partial charge >= 0.3 is 0 Å². The third-order valence-corrected chi connectivity index (χ3v) is 4.72. The lowest BCUT2D eigenvalue weighted by molar-refractivity contribution is -0.0146. The molecular weight excluding hydrogens is 174 g/mol. The van der Waals surface area contributed by atoms with E-state index in [4.69, 9.17) is 5.11 Å². The zero-order valence-electron chi connectivity index (χ0n) is 8.78. The Morgan fingerprint density at radius 3 is 2.00 bits per heavy atom. The van der Waals surface area contributed by atoms with Gasteiger partial charge in [-0.2, -0.15) is 0 Å². The number of rotatable bonds is 3. The van der Waals surface area contributed by atoms with Crippen LogP contribution in [0.5, 0.6) is 0 Å². The molecule has 2 N–H and O–H groups in total. The molecule has 0 amide bonds. The van der Waals surface area contributed by atoms with Gasteiger partial charge in [0.05, 0.1) is 6.61 Å². The molecule has 0 atom stereocenters. The van der Waals surface area contributed by atoms with Crippen molar-refractivity contribution in [2.45, 2.75) is 38.1 Å². The van der Waals surface area contributed by atoms with Gasteiger partial charge < -0.3 is 10.4 Å². The highest BCUT2D eigenvalue weighted by atomic mass is 16.3. The molecule has 0 radical (unpaired) electrons. The van der Waals surface area contributed by atoms with Crippen molar-refractivity contribution in [3.05, 3.63) is 0 Å². The molecule has 0 heterocycles. The van der Waals surface area contributed by atoms with Gasteiger partial charge in [0, 0.05) is 12.6 Å². The number of hydrogen-bond acceptors (Lipinski definition) is 2. The summed E-state index contributed by atoms with van der Waals surface area (Å²) in [6.45, 7) is 1.09. The summed E-state index contributed by atoms with van der Waals surface area (Å²) in [7, 11) is 0. The number of hydrogen-bond donors (Lipinski definition) is 2. The lowest BCUT2D eigenvalue weighted by Gasteiger charge is -2.54. The van der Waals surface area contributed by atoms with E-state index < -0.39 is 0 Å². The van der Waals surface area contributed by atoms with Crippen molar-refractivity contribution in [3.8, 4) is 0 Å². The predicted octanol–water partition coefficient (Wildman–Crippen LogP) is 1.39. The van der Waals surface area contributed by atoms with Crippen molar-refractivity contribution in [1.82, 2.24) is 5.32 Å². The summed E-state index contributed by atoms with van der Waals surface area (Å²) in [6, 6.07) is 0.745. The van der Waals surface area contributed by atoms with E-state index in [2.05, 4.69) is 5.32 Å². The Morgan fingerprint density at radius 1 is 0.929 bits per heavy atom. The molecule has 0 aromatic rings. The molecule has 14 heavy (non-hydrogen) atoms. The van der Waals surface area contributed by atoms with Gasteiger partial charge in [-0.15, -0.1) is 0 Å². The SMILES string of the molecule is OCCNC1C2CC3CC(C2)CC1C3. The van der Waals surface area contributed by atoms with E-state index in [0.29, 0.717) is 6.61 Å². The molecule has 2 nitrogen and oxygen atoms in total. The van der Waals surface area contributed by atoms with E-state index in [1.807, 2.05) is 0 Å². The third kappa shape index (κ3) is 1.40. The first kappa shape index (κ1) is 9.17. The van der Waals surface area contributed by atoms with E-state index in [9.17, 15) is 0 Å². The lowest BCUT2D eigenvalue weighted by Crippen LogP contribution is -2.54. The van der Waals surface area contributed by atoms with Crippen LogP contribution in [-0.2, 0) is 0 Å². The van der Waals surface area contributed by atoms with Crippen LogP contribution in [0.15, 0.2) is 0 Å². The Bertz CT molecular complexity index is 188. The third-order valence-electron chi connectivity index (χ3n) is 4.72. The van der Waals surface area contributed by atoms with Crippen LogP contribution >= 0.6 is 0 Å². The number of aliphatic hydroxyl groups excluding tert-OH is 1. The van der Waals surface area contributed by atoms with E-state index in [1.165, 1.54) is 32.1 Å². The van der Waals surface area contributed by atoms with Gasteiger partial charge in [-0.05, 0) is 55.8 Å². The van der Waals surface area contributed by atoms with Crippen LogP contribution in [0.4, 0.5) is 0 Å². The Labute approximate surface area is 86.1 Å². The van der Waals surface area contributed by atoms with Crippen LogP contribution in [0, 0.1) is 23.7 Å². The number of nitrogens with one attached hydrogen (secondary N) is 1. The van der Waals surface area contributed by atoms with Gasteiger partial charge in [0.15, 0.2) is 0 Å². The van der Waals surface area contributed by atoms with E-state index in [-0.39, 0.29) is 0 Å². The van der Waals surface area contributed by atoms with Crippen molar-refractivity contribution < 1.29 is 5.11 Å². The second-order valence-electron chi connectivity index (χ2n) is 5.63. The molecular formula is C12H21NO. The highest BCUT2D eigenvalue weighted by molar-refractivity contribution is 5.01. The summed E-state index contributed by atoms with van der Waals surface area (Å²) >= 11 is 0. The zero-order chi connectivity index (χ0) is 9.54. The first-order valence-corrected chi connectivity index (χ1v) is 6.21. The molecule has 0 saturated heterocycles. The minimum Gasteiger partial charge on any atom is -0.395 e. The van der Waals surface area contributed by atoms with Gasteiger partial charge in [0.2, 0.25) is 0 Å². The average Bonchev–Trinajstić information content (AvgIpc) is 2.15. The van der Waals surface area contributed by atoms with Crippen LogP contribution in [0.2, 0.25) is 0 Å². The summed E-state index contributed by atoms with van der Waals surface area (Å²) in [5.41, 5.74) is 0. The molecule has 4 fully saturated rings. The maximum absolute atomic E-state index is 8.86. The van der Waals surface area contributed by atoms with Crippen LogP contribution in [0.1, 0.15) is 32.1 Å². The molecule has 4 saturated carbocycles. The molecule has 4 aliphatic rings. The topological polar surface area (TPSA) is 32.3 Å². The maximum atomic E-state index is 8.86. The molecule has 4 bridgehead atoms. The molecule has 0 spiro atoms. The van der Waals surface area contributed by atoms with Gasteiger partial charge in [-0.1, -0.05) is 0 Å². The van der Waals surface area contributed by atoms with Crippen LogP contribution in [0.25, 0.3) is 0 Å². The molecule has 0 aromatic heterocycles. The monoisotopic (exact) mass is 195 g/mol. The fraction of sp³-hybridized carbons (Fsp3) is 1.00. The minimum absolute atomic E-state index is 0.294. The van der Waals surface area contributed by atoms with Crippen LogP contribution in [-0.4, -0.2) is 24.3 Å².